The number of carbonyl (C=O) groups is 1. The topological polar surface area (TPSA) is 71.9 Å². The maximum atomic E-state index is 10.6. The van der Waals surface area contributed by atoms with Gasteiger partial charge in [-0.3, -0.25) is 4.79 Å². The van der Waals surface area contributed by atoms with Crippen LogP contribution in [0.4, 0.5) is 0 Å². The van der Waals surface area contributed by atoms with Gasteiger partial charge in [-0.25, -0.2) is 0 Å². The molecule has 0 aromatic heterocycles. The minimum atomic E-state index is -0.0767. The van der Waals surface area contributed by atoms with Gasteiger partial charge in [0.25, 0.3) is 0 Å². The van der Waals surface area contributed by atoms with Gasteiger partial charge in [0.1, 0.15) is 11.5 Å². The zero-order chi connectivity index (χ0) is 11.3. The standard InChI is InChI=1S/C10H10N2O3/c1-14-8-3-7(10(6-13)12-11)4-9(5-8)15-2/h3-6H,1-2H3. The zero-order valence-electron chi connectivity index (χ0n) is 8.43. The predicted molar refractivity (Wildman–Crippen MR) is 53.3 cm³/mol. The molecule has 0 heterocycles. The Balaban J connectivity index is 3.29. The molecule has 0 aliphatic carbocycles. The van der Waals surface area contributed by atoms with Gasteiger partial charge in [0.2, 0.25) is 6.29 Å². The summed E-state index contributed by atoms with van der Waals surface area (Å²) in [6, 6.07) is 4.81. The molecule has 1 aromatic rings. The molecule has 0 radical (unpaired) electrons. The van der Waals surface area contributed by atoms with Crippen LogP contribution in [0.3, 0.4) is 0 Å². The van der Waals surface area contributed by atoms with Gasteiger partial charge in [-0.15, -0.1) is 0 Å². The summed E-state index contributed by atoms with van der Waals surface area (Å²) < 4.78 is 10.0. The first kappa shape index (κ1) is 10.9. The van der Waals surface area contributed by atoms with Crippen LogP contribution >= 0.6 is 0 Å². The van der Waals surface area contributed by atoms with E-state index in [2.05, 4.69) is 4.79 Å². The number of aldehydes is 1. The fourth-order valence-corrected chi connectivity index (χ4v) is 1.10. The number of methoxy groups -OCH3 is 2. The highest BCUT2D eigenvalue weighted by molar-refractivity contribution is 6.33. The zero-order valence-corrected chi connectivity index (χ0v) is 8.43. The van der Waals surface area contributed by atoms with Crippen LogP contribution in [0.15, 0.2) is 18.2 Å². The van der Waals surface area contributed by atoms with E-state index in [4.69, 9.17) is 15.0 Å². The molecule has 15 heavy (non-hydrogen) atoms. The maximum Gasteiger partial charge on any atom is 0.362 e. The molecule has 0 N–H and O–H groups in total. The second-order valence-electron chi connectivity index (χ2n) is 2.70. The van der Waals surface area contributed by atoms with Crippen LogP contribution in [0.5, 0.6) is 11.5 Å². The Labute approximate surface area is 86.9 Å². The lowest BCUT2D eigenvalue weighted by molar-refractivity contribution is -0.106. The molecule has 0 atom stereocenters. The lowest BCUT2D eigenvalue weighted by atomic mass is 10.1. The quantitative estimate of drug-likeness (QED) is 0.318. The lowest BCUT2D eigenvalue weighted by Crippen LogP contribution is -2.04. The van der Waals surface area contributed by atoms with Crippen molar-refractivity contribution in [1.82, 2.24) is 0 Å². The Morgan fingerprint density at radius 2 is 1.80 bits per heavy atom. The van der Waals surface area contributed by atoms with Crippen molar-refractivity contribution in [2.45, 2.75) is 0 Å². The third kappa shape index (κ3) is 2.42. The summed E-state index contributed by atoms with van der Waals surface area (Å²) in [4.78, 5) is 13.4. The molecular weight excluding hydrogens is 196 g/mol. The Morgan fingerprint density at radius 1 is 1.27 bits per heavy atom. The largest absolute Gasteiger partial charge is 0.497 e. The summed E-state index contributed by atoms with van der Waals surface area (Å²) in [5, 5.41) is 0. The molecule has 5 nitrogen and oxygen atoms in total. The summed E-state index contributed by atoms with van der Waals surface area (Å²) >= 11 is 0. The first-order valence-electron chi connectivity index (χ1n) is 4.15. The molecule has 1 rings (SSSR count). The fraction of sp³-hybridized carbons (Fsp3) is 0.200. The van der Waals surface area contributed by atoms with Crippen molar-refractivity contribution in [3.8, 4) is 11.5 Å². The summed E-state index contributed by atoms with van der Waals surface area (Å²) in [6.45, 7) is 0. The third-order valence-electron chi connectivity index (χ3n) is 1.87. The number of hydrogen-bond acceptors (Lipinski definition) is 3. The van der Waals surface area contributed by atoms with Gasteiger partial charge in [-0.2, -0.15) is 4.79 Å². The minimum absolute atomic E-state index is 0.0767. The van der Waals surface area contributed by atoms with Crippen LogP contribution in [0.1, 0.15) is 5.56 Å². The van der Waals surface area contributed by atoms with E-state index in [1.54, 1.807) is 18.2 Å². The van der Waals surface area contributed by atoms with E-state index in [9.17, 15) is 4.79 Å². The van der Waals surface area contributed by atoms with Crippen molar-refractivity contribution in [2.75, 3.05) is 14.2 Å². The second kappa shape index (κ2) is 4.93. The molecule has 0 amide bonds. The monoisotopic (exact) mass is 206 g/mol. The van der Waals surface area contributed by atoms with E-state index in [0.29, 0.717) is 23.3 Å². The van der Waals surface area contributed by atoms with Crippen molar-refractivity contribution in [3.05, 3.63) is 29.3 Å². The molecule has 0 saturated heterocycles. The SMILES string of the molecule is COc1cc(OC)cc(C(C=O)=[N+]=[N-])c1. The highest BCUT2D eigenvalue weighted by Crippen LogP contribution is 2.22. The summed E-state index contributed by atoms with van der Waals surface area (Å²) in [7, 11) is 2.99. The Hall–Kier alpha value is -2.13. The number of rotatable bonds is 4. The summed E-state index contributed by atoms with van der Waals surface area (Å²) in [6.07, 6.45) is 0.453. The molecule has 5 heteroatoms. The average molecular weight is 206 g/mol. The predicted octanol–water partition coefficient (Wildman–Crippen LogP) is 0.922. The molecule has 0 fully saturated rings. The molecule has 0 spiro atoms. The van der Waals surface area contributed by atoms with Crippen molar-refractivity contribution in [3.63, 3.8) is 0 Å². The fourth-order valence-electron chi connectivity index (χ4n) is 1.10. The van der Waals surface area contributed by atoms with Gasteiger partial charge in [-0.05, 0) is 12.1 Å². The van der Waals surface area contributed by atoms with Crippen molar-refractivity contribution >= 4 is 12.0 Å². The van der Waals surface area contributed by atoms with Crippen LogP contribution in [0.2, 0.25) is 0 Å². The van der Waals surface area contributed by atoms with E-state index in [0.717, 1.165) is 0 Å². The van der Waals surface area contributed by atoms with Crippen molar-refractivity contribution < 1.29 is 19.1 Å². The molecule has 0 aliphatic heterocycles. The van der Waals surface area contributed by atoms with Crippen LogP contribution in [0, 0.1) is 0 Å². The van der Waals surface area contributed by atoms with Gasteiger partial charge in [0, 0.05) is 6.07 Å². The molecule has 0 bridgehead atoms. The van der Waals surface area contributed by atoms with Crippen molar-refractivity contribution in [1.29, 1.82) is 0 Å². The first-order valence-corrected chi connectivity index (χ1v) is 4.15. The summed E-state index contributed by atoms with van der Waals surface area (Å²) in [5.41, 5.74) is 8.94. The van der Waals surface area contributed by atoms with Crippen LogP contribution in [0.25, 0.3) is 5.53 Å². The van der Waals surface area contributed by atoms with Crippen LogP contribution < -0.4 is 9.47 Å². The van der Waals surface area contributed by atoms with Crippen molar-refractivity contribution in [2.24, 2.45) is 0 Å². The number of carbonyl (C=O) groups excluding carboxylic acids is 1. The molecule has 78 valence electrons. The van der Waals surface area contributed by atoms with E-state index in [1.165, 1.54) is 14.2 Å². The van der Waals surface area contributed by atoms with Gasteiger partial charge < -0.3 is 15.0 Å². The highest BCUT2D eigenvalue weighted by Gasteiger charge is 2.13. The lowest BCUT2D eigenvalue weighted by Gasteiger charge is -2.04. The highest BCUT2D eigenvalue weighted by atomic mass is 16.5. The number of ether oxygens (including phenoxy) is 2. The van der Waals surface area contributed by atoms with E-state index in [-0.39, 0.29) is 5.71 Å². The maximum absolute atomic E-state index is 10.6. The molecule has 0 aliphatic rings. The Morgan fingerprint density at radius 3 is 2.13 bits per heavy atom. The number of nitrogens with zero attached hydrogens (tertiary/aromatic N) is 2. The van der Waals surface area contributed by atoms with E-state index in [1.807, 2.05) is 0 Å². The number of hydrogen-bond donors (Lipinski definition) is 0. The molecule has 0 unspecified atom stereocenters. The Kier molecular flexibility index (Phi) is 3.60. The normalized spacial score (nSPS) is 8.93. The first-order chi connectivity index (χ1) is 7.24. The average Bonchev–Trinajstić information content (AvgIpc) is 2.30. The smallest absolute Gasteiger partial charge is 0.362 e. The minimum Gasteiger partial charge on any atom is -0.497 e. The van der Waals surface area contributed by atoms with Gasteiger partial charge >= 0.3 is 5.71 Å². The number of benzene rings is 1. The summed E-state index contributed by atoms with van der Waals surface area (Å²) in [5.74, 6) is 1.04. The van der Waals surface area contributed by atoms with E-state index < -0.39 is 0 Å². The molecule has 0 saturated carbocycles. The van der Waals surface area contributed by atoms with Gasteiger partial charge in [0.15, 0.2) is 0 Å². The van der Waals surface area contributed by atoms with E-state index >= 15 is 0 Å². The molecule has 1 aromatic carbocycles. The second-order valence-corrected chi connectivity index (χ2v) is 2.70. The third-order valence-corrected chi connectivity index (χ3v) is 1.87. The van der Waals surface area contributed by atoms with Crippen LogP contribution in [-0.4, -0.2) is 31.0 Å². The van der Waals surface area contributed by atoms with Gasteiger partial charge in [0.05, 0.1) is 19.8 Å². The van der Waals surface area contributed by atoms with Crippen LogP contribution in [-0.2, 0) is 4.79 Å². The molecular formula is C10H10N2O3. The Bertz CT molecular complexity index is 400. The van der Waals surface area contributed by atoms with Gasteiger partial charge in [-0.1, -0.05) is 0 Å².